The Morgan fingerprint density at radius 2 is 1.56 bits per heavy atom. The number of halogens is 6. The number of rotatable bonds is 3. The molecule has 0 bridgehead atoms. The van der Waals surface area contributed by atoms with Crippen LogP contribution in [0.1, 0.15) is 25.7 Å². The van der Waals surface area contributed by atoms with Gasteiger partial charge in [0.15, 0.2) is 0 Å². The average molecular weight is 275 g/mol. The van der Waals surface area contributed by atoms with Crippen LogP contribution >= 0.6 is 0 Å². The molecule has 1 unspecified atom stereocenters. The summed E-state index contributed by atoms with van der Waals surface area (Å²) in [5, 5.41) is 0. The first-order valence-electron chi connectivity index (χ1n) is 5.34. The number of nitrogens with zero attached hydrogens (tertiary/aromatic N) is 1. The van der Waals surface area contributed by atoms with E-state index < -0.39 is 30.2 Å². The third-order valence-electron chi connectivity index (χ3n) is 3.28. The molecule has 0 aromatic carbocycles. The van der Waals surface area contributed by atoms with Gasteiger partial charge in [-0.25, -0.2) is 23.0 Å². The summed E-state index contributed by atoms with van der Waals surface area (Å²) in [7, 11) is 0. The van der Waals surface area contributed by atoms with Crippen LogP contribution in [0, 0.1) is 5.92 Å². The lowest BCUT2D eigenvalue weighted by Gasteiger charge is -2.37. The van der Waals surface area contributed by atoms with Crippen LogP contribution in [-0.2, 0) is 4.79 Å². The second-order valence-electron chi connectivity index (χ2n) is 4.29. The predicted molar refractivity (Wildman–Crippen MR) is 49.8 cm³/mol. The molecule has 0 saturated heterocycles. The average Bonchev–Trinajstić information content (AvgIpc) is 2.27. The fourth-order valence-corrected chi connectivity index (χ4v) is 2.23. The van der Waals surface area contributed by atoms with Gasteiger partial charge in [0.05, 0.1) is 6.04 Å². The molecule has 1 saturated carbocycles. The monoisotopic (exact) mass is 275 g/mol. The minimum atomic E-state index is -5.60. The third-order valence-corrected chi connectivity index (χ3v) is 3.28. The Hall–Kier alpha value is -1.04. The number of alkyl halides is 6. The molecule has 104 valence electrons. The first kappa shape index (κ1) is 15.0. The Bertz CT molecular complexity index is 330. The molecule has 0 aliphatic heterocycles. The number of carbonyl (C=O) groups excluding carboxylic acids is 1. The van der Waals surface area contributed by atoms with E-state index >= 15 is 0 Å². The molecule has 0 amide bonds. The molecule has 1 fully saturated rings. The largest absolute Gasteiger partial charge is 0.428 e. The van der Waals surface area contributed by atoms with E-state index in [1.165, 1.54) is 6.08 Å². The number of isocyanates is 1. The fraction of sp³-hybridized carbons (Fsp3) is 0.900. The molecule has 0 N–H and O–H groups in total. The van der Waals surface area contributed by atoms with Gasteiger partial charge in [-0.2, -0.15) is 13.2 Å². The number of hydrogen-bond acceptors (Lipinski definition) is 2. The molecule has 2 nitrogen and oxygen atoms in total. The van der Waals surface area contributed by atoms with E-state index in [-0.39, 0.29) is 25.7 Å². The van der Waals surface area contributed by atoms with Gasteiger partial charge < -0.3 is 0 Å². The Morgan fingerprint density at radius 1 is 1.06 bits per heavy atom. The zero-order chi connectivity index (χ0) is 14.0. The highest BCUT2D eigenvalue weighted by atomic mass is 19.4. The van der Waals surface area contributed by atoms with Crippen molar-refractivity contribution in [3.8, 4) is 0 Å². The van der Waals surface area contributed by atoms with Crippen LogP contribution in [-0.4, -0.2) is 30.4 Å². The second kappa shape index (κ2) is 5.30. The molecule has 8 heteroatoms. The van der Waals surface area contributed by atoms with Crippen LogP contribution in [0.15, 0.2) is 4.99 Å². The van der Waals surface area contributed by atoms with Gasteiger partial charge in [-0.15, -0.1) is 0 Å². The minimum Gasteiger partial charge on any atom is -0.227 e. The third kappa shape index (κ3) is 2.68. The topological polar surface area (TPSA) is 29.4 Å². The van der Waals surface area contributed by atoms with E-state index in [9.17, 15) is 31.1 Å². The second-order valence-corrected chi connectivity index (χ2v) is 4.29. The maximum Gasteiger partial charge on any atom is 0.428 e. The molecule has 0 aromatic rings. The van der Waals surface area contributed by atoms with Gasteiger partial charge in [0, 0.05) is 5.92 Å². The molecule has 0 spiro atoms. The molecular weight excluding hydrogens is 264 g/mol. The van der Waals surface area contributed by atoms with Gasteiger partial charge in [0.25, 0.3) is 12.1 Å². The first-order valence-corrected chi connectivity index (χ1v) is 5.34. The normalized spacial score (nSPS) is 28.6. The smallest absolute Gasteiger partial charge is 0.227 e. The Kier molecular flexibility index (Phi) is 4.42. The molecule has 1 rings (SSSR count). The van der Waals surface area contributed by atoms with Crippen molar-refractivity contribution in [2.75, 3.05) is 0 Å². The van der Waals surface area contributed by atoms with Crippen molar-refractivity contribution in [3.05, 3.63) is 0 Å². The maximum absolute atomic E-state index is 13.6. The SMILES string of the molecule is O=C=NC1CCC(C(F)(C(F)F)C(F)(F)F)CC1. The van der Waals surface area contributed by atoms with Crippen LogP contribution in [0.4, 0.5) is 26.3 Å². The van der Waals surface area contributed by atoms with Gasteiger partial charge in [-0.1, -0.05) is 0 Å². The van der Waals surface area contributed by atoms with Gasteiger partial charge in [-0.3, -0.25) is 0 Å². The molecule has 1 aliphatic rings. The Balaban J connectivity index is 2.83. The van der Waals surface area contributed by atoms with E-state index in [1.807, 2.05) is 0 Å². The van der Waals surface area contributed by atoms with E-state index in [1.54, 1.807) is 0 Å². The van der Waals surface area contributed by atoms with Crippen molar-refractivity contribution in [1.29, 1.82) is 0 Å². The minimum absolute atomic E-state index is 0.0195. The van der Waals surface area contributed by atoms with Gasteiger partial charge in [0.1, 0.15) is 0 Å². The Labute approximate surface area is 99.1 Å². The van der Waals surface area contributed by atoms with E-state index in [2.05, 4.69) is 4.99 Å². The highest BCUT2D eigenvalue weighted by molar-refractivity contribution is 5.33. The molecule has 18 heavy (non-hydrogen) atoms. The fourth-order valence-electron chi connectivity index (χ4n) is 2.23. The lowest BCUT2D eigenvalue weighted by molar-refractivity contribution is -0.289. The van der Waals surface area contributed by atoms with Gasteiger partial charge >= 0.3 is 6.18 Å². The summed E-state index contributed by atoms with van der Waals surface area (Å²) in [5.74, 6) is -1.80. The summed E-state index contributed by atoms with van der Waals surface area (Å²) in [6, 6.07) is -0.547. The van der Waals surface area contributed by atoms with Crippen LogP contribution in [0.25, 0.3) is 0 Å². The Morgan fingerprint density at radius 3 is 1.89 bits per heavy atom. The molecule has 0 aromatic heterocycles. The number of aliphatic imine (C=N–C) groups is 1. The van der Waals surface area contributed by atoms with Crippen LogP contribution < -0.4 is 0 Å². The quantitative estimate of drug-likeness (QED) is 0.441. The molecule has 0 radical (unpaired) electrons. The van der Waals surface area contributed by atoms with Gasteiger partial charge in [0.2, 0.25) is 6.08 Å². The van der Waals surface area contributed by atoms with Crippen LogP contribution in [0.5, 0.6) is 0 Å². The lowest BCUT2D eigenvalue weighted by atomic mass is 9.76. The van der Waals surface area contributed by atoms with Crippen molar-refractivity contribution in [1.82, 2.24) is 0 Å². The molecular formula is C10H11F6NO. The van der Waals surface area contributed by atoms with Crippen LogP contribution in [0.3, 0.4) is 0 Å². The van der Waals surface area contributed by atoms with E-state index in [0.717, 1.165) is 0 Å². The van der Waals surface area contributed by atoms with Crippen molar-refractivity contribution in [2.45, 2.75) is 50.0 Å². The summed E-state index contributed by atoms with van der Waals surface area (Å²) in [4.78, 5) is 13.3. The highest BCUT2D eigenvalue weighted by Crippen LogP contribution is 2.49. The summed E-state index contributed by atoms with van der Waals surface area (Å²) in [5.41, 5.74) is -4.48. The lowest BCUT2D eigenvalue weighted by Crippen LogP contribution is -2.54. The van der Waals surface area contributed by atoms with Crippen molar-refractivity contribution in [2.24, 2.45) is 10.9 Å². The number of hydrogen-bond donors (Lipinski definition) is 0. The van der Waals surface area contributed by atoms with Crippen molar-refractivity contribution in [3.63, 3.8) is 0 Å². The summed E-state index contributed by atoms with van der Waals surface area (Å²) < 4.78 is 75.8. The summed E-state index contributed by atoms with van der Waals surface area (Å²) in [6.45, 7) is 0. The van der Waals surface area contributed by atoms with Crippen LogP contribution in [0.2, 0.25) is 0 Å². The predicted octanol–water partition coefficient (Wildman–Crippen LogP) is 3.42. The first-order chi connectivity index (χ1) is 8.23. The van der Waals surface area contributed by atoms with E-state index in [4.69, 9.17) is 0 Å². The molecule has 0 heterocycles. The van der Waals surface area contributed by atoms with Gasteiger partial charge in [-0.05, 0) is 25.7 Å². The van der Waals surface area contributed by atoms with Crippen molar-refractivity contribution < 1.29 is 31.1 Å². The van der Waals surface area contributed by atoms with Crippen molar-refractivity contribution >= 4 is 6.08 Å². The maximum atomic E-state index is 13.6. The zero-order valence-corrected chi connectivity index (χ0v) is 9.18. The molecule has 1 atom stereocenters. The highest BCUT2D eigenvalue weighted by Gasteiger charge is 2.66. The van der Waals surface area contributed by atoms with E-state index in [0.29, 0.717) is 0 Å². The standard InChI is InChI=1S/C10H11F6NO/c11-8(12)9(13,10(14,15)16)6-1-3-7(4-2-6)17-5-18/h6-8H,1-4H2. The molecule has 1 aliphatic carbocycles. The zero-order valence-electron chi connectivity index (χ0n) is 9.18. The summed E-state index contributed by atoms with van der Waals surface area (Å²) in [6.07, 6.45) is -9.26. The summed E-state index contributed by atoms with van der Waals surface area (Å²) >= 11 is 0.